The van der Waals surface area contributed by atoms with E-state index in [0.717, 1.165) is 43.4 Å². The third-order valence-electron chi connectivity index (χ3n) is 5.83. The van der Waals surface area contributed by atoms with E-state index < -0.39 is 13.7 Å². The molecule has 1 aromatic rings. The first-order valence-corrected chi connectivity index (χ1v) is 13.8. The molecule has 0 saturated heterocycles. The summed E-state index contributed by atoms with van der Waals surface area (Å²) in [5.41, 5.74) is 0.802. The molecule has 0 bridgehead atoms. The number of unbranched alkanes of at least 4 members (excludes halogenated alkanes) is 6. The molecule has 2 atom stereocenters. The first kappa shape index (κ1) is 26.0. The maximum Gasteiger partial charge on any atom is 0.329 e. The van der Waals surface area contributed by atoms with Gasteiger partial charge in [0.2, 0.25) is 0 Å². The van der Waals surface area contributed by atoms with E-state index in [4.69, 9.17) is 9.47 Å². The van der Waals surface area contributed by atoms with Gasteiger partial charge in [0.1, 0.15) is 23.2 Å². The van der Waals surface area contributed by atoms with Crippen LogP contribution in [0.3, 0.4) is 0 Å². The average molecular weight is 453 g/mol. The normalized spacial score (nSPS) is 19.8. The molecule has 6 heteroatoms. The standard InChI is InChI=1S/C25H41O5P/c1-4-6-8-9-10-11-12-17-25(3)18-16-21-19-22(14-15-24(21)30-25)29-23(13-7-5-2)20-31(26,27)28/h12,14-15,17,19,23H,4-11,13,16,18,20H2,1-3H3,(H2,26,27,28). The molecule has 0 amide bonds. The van der Waals surface area contributed by atoms with E-state index in [9.17, 15) is 14.4 Å². The average Bonchev–Trinajstić information content (AvgIpc) is 2.70. The van der Waals surface area contributed by atoms with Crippen molar-refractivity contribution in [3.8, 4) is 11.5 Å². The summed E-state index contributed by atoms with van der Waals surface area (Å²) >= 11 is 0. The summed E-state index contributed by atoms with van der Waals surface area (Å²) in [6.45, 7) is 6.43. The van der Waals surface area contributed by atoms with Crippen molar-refractivity contribution in [3.63, 3.8) is 0 Å². The van der Waals surface area contributed by atoms with Crippen LogP contribution in [0.1, 0.15) is 90.5 Å². The first-order chi connectivity index (χ1) is 14.7. The van der Waals surface area contributed by atoms with E-state index >= 15 is 0 Å². The molecule has 2 N–H and O–H groups in total. The molecule has 1 aliphatic heterocycles. The fourth-order valence-corrected chi connectivity index (χ4v) is 4.79. The summed E-state index contributed by atoms with van der Waals surface area (Å²) in [4.78, 5) is 18.7. The van der Waals surface area contributed by atoms with Crippen LogP contribution in [-0.4, -0.2) is 27.7 Å². The molecule has 0 saturated carbocycles. The number of hydrogen-bond acceptors (Lipinski definition) is 3. The van der Waals surface area contributed by atoms with Crippen LogP contribution in [0.5, 0.6) is 11.5 Å². The first-order valence-electron chi connectivity index (χ1n) is 12.0. The van der Waals surface area contributed by atoms with Crippen molar-refractivity contribution < 1.29 is 23.8 Å². The second kappa shape index (κ2) is 12.7. The Morgan fingerprint density at radius 2 is 1.90 bits per heavy atom. The Balaban J connectivity index is 1.94. The Morgan fingerprint density at radius 1 is 1.16 bits per heavy atom. The zero-order valence-electron chi connectivity index (χ0n) is 19.5. The van der Waals surface area contributed by atoms with Crippen molar-refractivity contribution in [2.24, 2.45) is 0 Å². The van der Waals surface area contributed by atoms with Gasteiger partial charge < -0.3 is 19.3 Å². The van der Waals surface area contributed by atoms with Crippen LogP contribution in [0.2, 0.25) is 0 Å². The maximum atomic E-state index is 11.5. The van der Waals surface area contributed by atoms with Crippen LogP contribution in [-0.2, 0) is 11.0 Å². The molecule has 2 unspecified atom stereocenters. The van der Waals surface area contributed by atoms with E-state index in [1.807, 2.05) is 18.2 Å². The number of aryl methyl sites for hydroxylation is 1. The Bertz CT molecular complexity index is 741. The third kappa shape index (κ3) is 9.80. The highest BCUT2D eigenvalue weighted by molar-refractivity contribution is 7.51. The number of benzene rings is 1. The van der Waals surface area contributed by atoms with E-state index in [1.165, 1.54) is 32.1 Å². The number of allylic oxidation sites excluding steroid dienone is 1. The largest absolute Gasteiger partial charge is 0.490 e. The minimum atomic E-state index is -4.12. The summed E-state index contributed by atoms with van der Waals surface area (Å²) in [6, 6.07) is 5.74. The van der Waals surface area contributed by atoms with Gasteiger partial charge in [-0.2, -0.15) is 0 Å². The van der Waals surface area contributed by atoms with Crippen LogP contribution in [0.15, 0.2) is 30.4 Å². The number of hydrogen-bond donors (Lipinski definition) is 2. The highest BCUT2D eigenvalue weighted by atomic mass is 31.2. The highest BCUT2D eigenvalue weighted by Gasteiger charge is 2.29. The maximum absolute atomic E-state index is 11.5. The van der Waals surface area contributed by atoms with Gasteiger partial charge in [-0.25, -0.2) is 0 Å². The molecule has 0 fully saturated rings. The van der Waals surface area contributed by atoms with Crippen molar-refractivity contribution in [3.05, 3.63) is 35.9 Å². The highest BCUT2D eigenvalue weighted by Crippen LogP contribution is 2.39. The van der Waals surface area contributed by atoms with E-state index in [1.54, 1.807) is 0 Å². The van der Waals surface area contributed by atoms with Crippen molar-refractivity contribution in [1.82, 2.24) is 0 Å². The van der Waals surface area contributed by atoms with E-state index in [0.29, 0.717) is 12.2 Å². The van der Waals surface area contributed by atoms with Crippen LogP contribution in [0.25, 0.3) is 0 Å². The second-order valence-electron chi connectivity index (χ2n) is 9.02. The fraction of sp³-hybridized carbons (Fsp3) is 0.680. The van der Waals surface area contributed by atoms with Gasteiger partial charge in [0, 0.05) is 0 Å². The minimum absolute atomic E-state index is 0.248. The molecular formula is C25H41O5P. The molecule has 0 aliphatic carbocycles. The second-order valence-corrected chi connectivity index (χ2v) is 10.7. The van der Waals surface area contributed by atoms with Crippen molar-refractivity contribution >= 4 is 7.60 Å². The summed E-state index contributed by atoms with van der Waals surface area (Å²) in [5.74, 6) is 1.52. The minimum Gasteiger partial charge on any atom is -0.490 e. The van der Waals surface area contributed by atoms with Gasteiger partial charge >= 0.3 is 7.60 Å². The smallest absolute Gasteiger partial charge is 0.329 e. The molecule has 0 spiro atoms. The number of fused-ring (bicyclic) bond motifs is 1. The Labute approximate surface area is 188 Å². The molecule has 2 rings (SSSR count). The number of rotatable bonds is 14. The lowest BCUT2D eigenvalue weighted by Crippen LogP contribution is -2.34. The zero-order valence-corrected chi connectivity index (χ0v) is 20.4. The Hall–Kier alpha value is -1.29. The van der Waals surface area contributed by atoms with Crippen LogP contribution < -0.4 is 9.47 Å². The van der Waals surface area contributed by atoms with E-state index in [-0.39, 0.29) is 11.8 Å². The van der Waals surface area contributed by atoms with Gasteiger partial charge in [0.15, 0.2) is 0 Å². The lowest BCUT2D eigenvalue weighted by atomic mass is 9.91. The van der Waals surface area contributed by atoms with Gasteiger partial charge in [-0.1, -0.05) is 58.4 Å². The van der Waals surface area contributed by atoms with Crippen LogP contribution in [0, 0.1) is 0 Å². The van der Waals surface area contributed by atoms with Gasteiger partial charge in [0.05, 0.1) is 6.16 Å². The topological polar surface area (TPSA) is 76.0 Å². The lowest BCUT2D eigenvalue weighted by Gasteiger charge is -2.34. The Morgan fingerprint density at radius 3 is 2.61 bits per heavy atom. The summed E-state index contributed by atoms with van der Waals surface area (Å²) < 4.78 is 23.7. The molecule has 5 nitrogen and oxygen atoms in total. The number of ether oxygens (including phenoxy) is 2. The predicted octanol–water partition coefficient (Wildman–Crippen LogP) is 6.80. The third-order valence-corrected chi connectivity index (χ3v) is 6.72. The zero-order chi connectivity index (χ0) is 22.7. The van der Waals surface area contributed by atoms with E-state index in [2.05, 4.69) is 32.9 Å². The molecule has 31 heavy (non-hydrogen) atoms. The lowest BCUT2D eigenvalue weighted by molar-refractivity contribution is 0.113. The van der Waals surface area contributed by atoms with Crippen molar-refractivity contribution in [2.75, 3.05) is 6.16 Å². The summed E-state index contributed by atoms with van der Waals surface area (Å²) in [7, 11) is -4.12. The summed E-state index contributed by atoms with van der Waals surface area (Å²) in [6.07, 6.45) is 15.6. The van der Waals surface area contributed by atoms with Gasteiger partial charge in [-0.15, -0.1) is 0 Å². The fourth-order valence-electron chi connectivity index (χ4n) is 4.00. The summed E-state index contributed by atoms with van der Waals surface area (Å²) in [5, 5.41) is 0. The quantitative estimate of drug-likeness (QED) is 0.184. The van der Waals surface area contributed by atoms with Gasteiger partial charge in [-0.05, 0) is 68.9 Å². The van der Waals surface area contributed by atoms with Crippen LogP contribution in [0.4, 0.5) is 0 Å². The SMILES string of the molecule is CCCCCCCC=CC1(C)CCc2cc(OC(CCCC)CP(=O)(O)O)ccc2O1. The van der Waals surface area contributed by atoms with Gasteiger partial charge in [0.25, 0.3) is 0 Å². The predicted molar refractivity (Wildman–Crippen MR) is 127 cm³/mol. The molecular weight excluding hydrogens is 411 g/mol. The van der Waals surface area contributed by atoms with Gasteiger partial charge in [-0.3, -0.25) is 4.57 Å². The monoisotopic (exact) mass is 452 g/mol. The molecule has 0 radical (unpaired) electrons. The molecule has 176 valence electrons. The van der Waals surface area contributed by atoms with Crippen LogP contribution >= 0.6 is 7.60 Å². The molecule has 1 aliphatic rings. The van der Waals surface area contributed by atoms with Crippen molar-refractivity contribution in [2.45, 2.75) is 103 Å². The Kier molecular flexibility index (Phi) is 10.6. The molecule has 1 aromatic carbocycles. The molecule has 1 heterocycles. The molecule has 0 aromatic heterocycles. The van der Waals surface area contributed by atoms with Crippen molar-refractivity contribution in [1.29, 1.82) is 0 Å².